The van der Waals surface area contributed by atoms with Crippen LogP contribution in [0.25, 0.3) is 0 Å². The predicted molar refractivity (Wildman–Crippen MR) is 227 cm³/mol. The molecule has 0 bridgehead atoms. The van der Waals surface area contributed by atoms with E-state index in [2.05, 4.69) is 35.7 Å². The molecule has 0 aromatic rings. The molecule has 326 valence electrons. The van der Waals surface area contributed by atoms with Crippen LogP contribution in [0.5, 0.6) is 0 Å². The van der Waals surface area contributed by atoms with Gasteiger partial charge in [-0.25, -0.2) is 4.79 Å². The van der Waals surface area contributed by atoms with Crippen molar-refractivity contribution in [1.82, 2.24) is 0 Å². The third-order valence-electron chi connectivity index (χ3n) is 9.53. The van der Waals surface area contributed by atoms with Crippen molar-refractivity contribution in [3.05, 3.63) is 24.3 Å². The molecule has 0 saturated heterocycles. The van der Waals surface area contributed by atoms with Crippen molar-refractivity contribution in [3.63, 3.8) is 0 Å². The molecule has 0 spiro atoms. The van der Waals surface area contributed by atoms with E-state index in [1.807, 2.05) is 12.0 Å². The Morgan fingerprint density at radius 1 is 0.586 bits per heavy atom. The number of carbonyl (C=O) groups is 2. The number of carboxylic acids is 1. The summed E-state index contributed by atoms with van der Waals surface area (Å²) in [4.78, 5) is 22.6. The number of hydrogen-bond donors (Lipinski definition) is 9. The van der Waals surface area contributed by atoms with Gasteiger partial charge < -0.3 is 46.0 Å². The number of aliphatic hydroxyl groups excluding tert-OH is 8. The topological polar surface area (TPSA) is 216 Å². The first-order chi connectivity index (χ1) is 27.8. The Balaban J connectivity index is 3.71. The Labute approximate surface area is 348 Å². The molecule has 8 unspecified atom stereocenters. The van der Waals surface area contributed by atoms with Crippen molar-refractivity contribution in [2.24, 2.45) is 0 Å². The molecule has 0 aliphatic heterocycles. The quantitative estimate of drug-likeness (QED) is 0.0243. The molecular formula is C47H72O11. The number of ketones is 1. The summed E-state index contributed by atoms with van der Waals surface area (Å²) in [6, 6.07) is 0. The minimum absolute atomic E-state index is 0.190. The molecule has 8 atom stereocenters. The van der Waals surface area contributed by atoms with Crippen LogP contribution < -0.4 is 0 Å². The second-order valence-corrected chi connectivity index (χ2v) is 14.9. The number of Topliss-reactive ketones (excluding diaryl/α,β-unsaturated/α-hetero) is 1. The summed E-state index contributed by atoms with van der Waals surface area (Å²) in [7, 11) is 0. The molecular weight excluding hydrogens is 741 g/mol. The van der Waals surface area contributed by atoms with Gasteiger partial charge >= 0.3 is 5.97 Å². The van der Waals surface area contributed by atoms with Gasteiger partial charge in [0.25, 0.3) is 0 Å². The third kappa shape index (κ3) is 35.7. The van der Waals surface area contributed by atoms with E-state index >= 15 is 0 Å². The van der Waals surface area contributed by atoms with Crippen LogP contribution in [0.3, 0.4) is 0 Å². The number of aliphatic hydroxyl groups is 8. The van der Waals surface area contributed by atoms with Gasteiger partial charge in [0.05, 0.1) is 24.4 Å². The van der Waals surface area contributed by atoms with E-state index in [0.717, 1.165) is 83.5 Å². The predicted octanol–water partition coefficient (Wildman–Crippen LogP) is 5.04. The van der Waals surface area contributed by atoms with Crippen LogP contribution in [-0.4, -0.2) is 107 Å². The monoisotopic (exact) mass is 813 g/mol. The van der Waals surface area contributed by atoms with Gasteiger partial charge in [-0.05, 0) is 76.7 Å². The molecule has 0 rings (SSSR count). The zero-order chi connectivity index (χ0) is 43.2. The van der Waals surface area contributed by atoms with Crippen LogP contribution in [0.15, 0.2) is 24.3 Å². The Morgan fingerprint density at radius 3 is 1.81 bits per heavy atom. The van der Waals surface area contributed by atoms with Gasteiger partial charge in [0, 0.05) is 31.6 Å². The molecule has 0 aromatic carbocycles. The molecule has 0 aromatic heterocycles. The fourth-order valence-electron chi connectivity index (χ4n) is 6.01. The second-order valence-electron chi connectivity index (χ2n) is 14.9. The Hall–Kier alpha value is -3.46. The lowest BCUT2D eigenvalue weighted by Gasteiger charge is -2.19. The zero-order valence-corrected chi connectivity index (χ0v) is 34.5. The average molecular weight is 813 g/mol. The van der Waals surface area contributed by atoms with Crippen molar-refractivity contribution in [3.8, 4) is 47.9 Å². The van der Waals surface area contributed by atoms with Crippen molar-refractivity contribution in [2.45, 2.75) is 209 Å². The average Bonchev–Trinajstić information content (AvgIpc) is 3.19. The van der Waals surface area contributed by atoms with Gasteiger partial charge in [0.15, 0.2) is 6.10 Å². The Kier molecular flexibility index (Phi) is 35.5. The summed E-state index contributed by atoms with van der Waals surface area (Å²) >= 11 is 0. The largest absolute Gasteiger partial charge is 0.472 e. The number of terminal acetylenes is 1. The molecule has 0 radical (unpaired) electrons. The lowest BCUT2D eigenvalue weighted by Crippen LogP contribution is -2.36. The highest BCUT2D eigenvalue weighted by atomic mass is 16.4. The van der Waals surface area contributed by atoms with Crippen molar-refractivity contribution < 1.29 is 55.5 Å². The molecule has 11 heteroatoms. The number of allylic oxidation sites excluding steroid dienone is 1. The van der Waals surface area contributed by atoms with E-state index in [4.69, 9.17) is 11.5 Å². The lowest BCUT2D eigenvalue weighted by atomic mass is 10.0. The van der Waals surface area contributed by atoms with Gasteiger partial charge in [0.1, 0.15) is 24.1 Å². The maximum atomic E-state index is 12.2. The van der Waals surface area contributed by atoms with Crippen molar-refractivity contribution in [1.29, 1.82) is 0 Å². The van der Waals surface area contributed by atoms with Crippen LogP contribution >= 0.6 is 0 Å². The van der Waals surface area contributed by atoms with Crippen LogP contribution in [-0.2, 0) is 9.59 Å². The van der Waals surface area contributed by atoms with Crippen LogP contribution in [0.4, 0.5) is 0 Å². The number of aliphatic carboxylic acids is 1. The van der Waals surface area contributed by atoms with E-state index in [-0.39, 0.29) is 18.3 Å². The Morgan fingerprint density at radius 2 is 1.17 bits per heavy atom. The molecule has 0 fully saturated rings. The minimum Gasteiger partial charge on any atom is -0.472 e. The van der Waals surface area contributed by atoms with Gasteiger partial charge in [-0.2, -0.15) is 0 Å². The molecule has 0 aliphatic carbocycles. The zero-order valence-electron chi connectivity index (χ0n) is 34.5. The van der Waals surface area contributed by atoms with Crippen molar-refractivity contribution >= 4 is 11.8 Å². The molecule has 9 N–H and O–H groups in total. The van der Waals surface area contributed by atoms with E-state index in [9.17, 15) is 50.4 Å². The molecule has 0 heterocycles. The fraction of sp³-hybridized carbons (Fsp3) is 0.702. The third-order valence-corrected chi connectivity index (χ3v) is 9.53. The van der Waals surface area contributed by atoms with E-state index in [1.165, 1.54) is 25.0 Å². The van der Waals surface area contributed by atoms with E-state index in [0.29, 0.717) is 57.8 Å². The van der Waals surface area contributed by atoms with Gasteiger partial charge in [-0.1, -0.05) is 118 Å². The van der Waals surface area contributed by atoms with Crippen LogP contribution in [0.1, 0.15) is 161 Å². The SMILES string of the molecule is C#CC(O)/C=C/C(O)CCCC(O)CC#CC(O)C#CCCCCC(=O)CCCC/C=C/CC(O)CCCCCCCCCCCCC(O)C(O)C(O)C#CC(=O)O. The van der Waals surface area contributed by atoms with Crippen LogP contribution in [0.2, 0.25) is 0 Å². The number of unbranched alkanes of at least 4 members (excludes halogenated alkanes) is 13. The summed E-state index contributed by atoms with van der Waals surface area (Å²) in [5.41, 5.74) is 0. The minimum atomic E-state index is -1.59. The summed E-state index contributed by atoms with van der Waals surface area (Å²) in [6.45, 7) is 0. The normalized spacial score (nSPS) is 15.4. The molecule has 0 aliphatic rings. The number of hydrogen-bond acceptors (Lipinski definition) is 10. The second kappa shape index (κ2) is 37.8. The van der Waals surface area contributed by atoms with Crippen LogP contribution in [0, 0.1) is 47.9 Å². The Bertz CT molecular complexity index is 1370. The first-order valence-corrected chi connectivity index (χ1v) is 21.3. The fourth-order valence-corrected chi connectivity index (χ4v) is 6.01. The maximum Gasteiger partial charge on any atom is 0.381 e. The first kappa shape index (κ1) is 54.5. The summed E-state index contributed by atoms with van der Waals surface area (Å²) in [5, 5.41) is 87.2. The standard InChI is InChI=1S/C47H72O11/c1-2-38(48)34-35-43(53)32-23-31-42(52)30-22-29-41(51)28-20-15-14-19-27-40(50)26-18-12-9-11-17-25-39(49)24-16-10-7-5-3-4-6-8-13-21-33-44(54)47(58)45(55)36-37-46(56)57/h1,11,17,34-35,38-39,41-45,47-49,51-55,58H,3-10,12-16,18-19,21,23-27,30-33H2,(H,56,57)/b17-11+,35-34+. The highest BCUT2D eigenvalue weighted by molar-refractivity contribution is 5.86. The van der Waals surface area contributed by atoms with Crippen molar-refractivity contribution in [2.75, 3.05) is 0 Å². The summed E-state index contributed by atoms with van der Waals surface area (Å²) in [6.07, 6.45) is 23.6. The molecule has 0 amide bonds. The first-order valence-electron chi connectivity index (χ1n) is 21.3. The highest BCUT2D eigenvalue weighted by Crippen LogP contribution is 2.16. The van der Waals surface area contributed by atoms with E-state index < -0.39 is 48.7 Å². The smallest absolute Gasteiger partial charge is 0.381 e. The summed E-state index contributed by atoms with van der Waals surface area (Å²) < 4.78 is 0. The number of rotatable bonds is 33. The summed E-state index contributed by atoms with van der Waals surface area (Å²) in [5.74, 6) is 15.6. The number of carbonyl (C=O) groups excluding carboxylic acids is 1. The number of carboxylic acid groups (broad SMARTS) is 1. The van der Waals surface area contributed by atoms with E-state index in [1.54, 1.807) is 5.92 Å². The van der Waals surface area contributed by atoms with Gasteiger partial charge in [-0.15, -0.1) is 6.42 Å². The highest BCUT2D eigenvalue weighted by Gasteiger charge is 2.22. The molecule has 11 nitrogen and oxygen atoms in total. The molecule has 0 saturated carbocycles. The maximum absolute atomic E-state index is 12.2. The van der Waals surface area contributed by atoms with Gasteiger partial charge in [0.2, 0.25) is 0 Å². The lowest BCUT2D eigenvalue weighted by molar-refractivity contribution is -0.130. The molecule has 58 heavy (non-hydrogen) atoms. The van der Waals surface area contributed by atoms with Gasteiger partial charge in [-0.3, -0.25) is 4.79 Å².